The monoisotopic (exact) mass is 359 g/mol. The topological polar surface area (TPSA) is 69.6 Å². The lowest BCUT2D eigenvalue weighted by atomic mass is 9.97. The second kappa shape index (κ2) is 5.18. The highest BCUT2D eigenvalue weighted by atomic mass is 79.9. The summed E-state index contributed by atoms with van der Waals surface area (Å²) < 4.78 is 0.917. The molecule has 0 radical (unpaired) electrons. The minimum Gasteiger partial charge on any atom is -0.508 e. The second-order valence-electron chi connectivity index (χ2n) is 5.30. The van der Waals surface area contributed by atoms with Gasteiger partial charge in [0.25, 0.3) is 5.91 Å². The van der Waals surface area contributed by atoms with Gasteiger partial charge in [-0.1, -0.05) is 15.9 Å². The predicted octanol–water partition coefficient (Wildman–Crippen LogP) is 3.97. The predicted molar refractivity (Wildman–Crippen MR) is 89.9 cm³/mol. The van der Waals surface area contributed by atoms with Crippen LogP contribution in [0.4, 0.5) is 5.69 Å². The highest BCUT2D eigenvalue weighted by Gasteiger charge is 2.27. The Kier molecular flexibility index (Phi) is 3.45. The molecule has 4 nitrogen and oxygen atoms in total. The third-order valence-corrected chi connectivity index (χ3v) is 4.66. The molecule has 22 heavy (non-hydrogen) atoms. The van der Waals surface area contributed by atoms with Gasteiger partial charge in [0, 0.05) is 27.4 Å². The summed E-state index contributed by atoms with van der Waals surface area (Å²) in [5.41, 5.74) is 4.25. The molecule has 0 aliphatic carbocycles. The van der Waals surface area contributed by atoms with Crippen LogP contribution in [0.3, 0.4) is 0 Å². The number of carbonyl (C=O) groups is 1. The fraction of sp³-hybridized carbons (Fsp3) is 0.118. The Morgan fingerprint density at radius 1 is 1.18 bits per heavy atom. The van der Waals surface area contributed by atoms with Gasteiger partial charge >= 0.3 is 0 Å². The first-order valence-corrected chi connectivity index (χ1v) is 7.53. The Balaban J connectivity index is 2.23. The van der Waals surface area contributed by atoms with Gasteiger partial charge in [0.1, 0.15) is 11.5 Å². The van der Waals surface area contributed by atoms with Crippen molar-refractivity contribution >= 4 is 39.2 Å². The minimum absolute atomic E-state index is 0.00708. The number of phenolic OH excluding ortho intramolecular Hbond substituents is 2. The molecule has 5 heteroatoms. The molecule has 2 aromatic rings. The maximum atomic E-state index is 12.3. The van der Waals surface area contributed by atoms with E-state index in [2.05, 4.69) is 21.2 Å². The van der Waals surface area contributed by atoms with Gasteiger partial charge in [-0.25, -0.2) is 0 Å². The van der Waals surface area contributed by atoms with Crippen molar-refractivity contribution in [3.63, 3.8) is 0 Å². The van der Waals surface area contributed by atoms with E-state index in [-0.39, 0.29) is 17.4 Å². The van der Waals surface area contributed by atoms with Crippen molar-refractivity contribution in [1.29, 1.82) is 0 Å². The van der Waals surface area contributed by atoms with Crippen LogP contribution >= 0.6 is 15.9 Å². The first-order valence-electron chi connectivity index (χ1n) is 6.73. The summed E-state index contributed by atoms with van der Waals surface area (Å²) in [6.07, 6.45) is 1.66. The van der Waals surface area contributed by atoms with Crippen molar-refractivity contribution in [2.24, 2.45) is 0 Å². The number of aryl methyl sites for hydroxylation is 1. The van der Waals surface area contributed by atoms with Crippen LogP contribution in [0.15, 0.2) is 28.7 Å². The standard InChI is InChI=1S/C17H14BrNO3/c1-8-5-10(20)6-15(21)11(8)7-12-16-9(2)13(18)3-4-14(16)19-17(12)22/h3-7,20-21H,1-2H3,(H,19,22). The smallest absolute Gasteiger partial charge is 0.256 e. The zero-order valence-electron chi connectivity index (χ0n) is 12.1. The molecule has 0 saturated heterocycles. The molecule has 112 valence electrons. The molecule has 1 heterocycles. The van der Waals surface area contributed by atoms with Crippen molar-refractivity contribution < 1.29 is 15.0 Å². The summed E-state index contributed by atoms with van der Waals surface area (Å²) in [7, 11) is 0. The lowest BCUT2D eigenvalue weighted by Crippen LogP contribution is -2.03. The Bertz CT molecular complexity index is 817. The molecule has 0 bridgehead atoms. The largest absolute Gasteiger partial charge is 0.508 e. The number of phenols is 2. The van der Waals surface area contributed by atoms with Crippen LogP contribution in [-0.2, 0) is 4.79 Å². The van der Waals surface area contributed by atoms with Crippen LogP contribution in [0.2, 0.25) is 0 Å². The summed E-state index contributed by atoms with van der Waals surface area (Å²) >= 11 is 3.47. The Morgan fingerprint density at radius 3 is 2.59 bits per heavy atom. The average molecular weight is 360 g/mol. The van der Waals surface area contributed by atoms with E-state index >= 15 is 0 Å². The number of halogens is 1. The van der Waals surface area contributed by atoms with E-state index in [1.807, 2.05) is 19.1 Å². The minimum atomic E-state index is -0.205. The zero-order chi connectivity index (χ0) is 16.0. The zero-order valence-corrected chi connectivity index (χ0v) is 13.7. The quantitative estimate of drug-likeness (QED) is 0.674. The fourth-order valence-electron chi connectivity index (χ4n) is 2.67. The molecule has 0 aromatic heterocycles. The molecular weight excluding hydrogens is 346 g/mol. The molecule has 3 rings (SSSR count). The summed E-state index contributed by atoms with van der Waals surface area (Å²) in [6.45, 7) is 3.70. The van der Waals surface area contributed by atoms with E-state index in [9.17, 15) is 15.0 Å². The van der Waals surface area contributed by atoms with Crippen LogP contribution in [0.5, 0.6) is 11.5 Å². The molecule has 0 saturated carbocycles. The average Bonchev–Trinajstić information content (AvgIpc) is 2.75. The molecule has 1 aliphatic rings. The van der Waals surface area contributed by atoms with E-state index in [0.717, 1.165) is 21.3 Å². The van der Waals surface area contributed by atoms with Gasteiger partial charge in [-0.15, -0.1) is 0 Å². The number of fused-ring (bicyclic) bond motifs is 1. The van der Waals surface area contributed by atoms with Gasteiger partial charge in [0.05, 0.1) is 5.57 Å². The lowest BCUT2D eigenvalue weighted by molar-refractivity contribution is -0.110. The number of aromatic hydroxyl groups is 2. The maximum Gasteiger partial charge on any atom is 0.256 e. The van der Waals surface area contributed by atoms with Crippen molar-refractivity contribution in [3.8, 4) is 11.5 Å². The van der Waals surface area contributed by atoms with E-state index in [1.165, 1.54) is 6.07 Å². The molecule has 0 atom stereocenters. The molecule has 2 aromatic carbocycles. The Hall–Kier alpha value is -2.27. The van der Waals surface area contributed by atoms with Crippen molar-refractivity contribution in [2.75, 3.05) is 5.32 Å². The van der Waals surface area contributed by atoms with Gasteiger partial charge in [-0.05, 0) is 49.2 Å². The maximum absolute atomic E-state index is 12.3. The third-order valence-electron chi connectivity index (χ3n) is 3.80. The summed E-state index contributed by atoms with van der Waals surface area (Å²) in [5.74, 6) is -0.269. The first-order chi connectivity index (χ1) is 10.4. The summed E-state index contributed by atoms with van der Waals surface area (Å²) in [5, 5.41) is 22.4. The second-order valence-corrected chi connectivity index (χ2v) is 6.16. The van der Waals surface area contributed by atoms with Gasteiger partial charge in [0.15, 0.2) is 0 Å². The molecule has 0 spiro atoms. The van der Waals surface area contributed by atoms with Crippen LogP contribution in [0.25, 0.3) is 11.6 Å². The van der Waals surface area contributed by atoms with Gasteiger partial charge < -0.3 is 15.5 Å². The number of nitrogens with one attached hydrogen (secondary N) is 1. The molecule has 0 fully saturated rings. The van der Waals surface area contributed by atoms with Crippen LogP contribution in [0, 0.1) is 13.8 Å². The van der Waals surface area contributed by atoms with Crippen molar-refractivity contribution in [1.82, 2.24) is 0 Å². The third kappa shape index (κ3) is 2.27. The van der Waals surface area contributed by atoms with E-state index < -0.39 is 0 Å². The van der Waals surface area contributed by atoms with Crippen molar-refractivity contribution in [3.05, 3.63) is 51.0 Å². The van der Waals surface area contributed by atoms with Gasteiger partial charge in [0.2, 0.25) is 0 Å². The molecular formula is C17H14BrNO3. The number of hydrogen-bond acceptors (Lipinski definition) is 3. The number of carbonyl (C=O) groups excluding carboxylic acids is 1. The number of rotatable bonds is 1. The van der Waals surface area contributed by atoms with E-state index in [1.54, 1.807) is 19.1 Å². The SMILES string of the molecule is Cc1cc(O)cc(O)c1C=C1C(=O)Nc2ccc(Br)c(C)c21. The molecule has 1 aliphatic heterocycles. The molecule has 0 unspecified atom stereocenters. The fourth-order valence-corrected chi connectivity index (χ4v) is 3.00. The number of amides is 1. The van der Waals surface area contributed by atoms with Crippen LogP contribution in [-0.4, -0.2) is 16.1 Å². The van der Waals surface area contributed by atoms with Crippen molar-refractivity contribution in [2.45, 2.75) is 13.8 Å². The van der Waals surface area contributed by atoms with E-state index in [4.69, 9.17) is 0 Å². The molecule has 3 N–H and O–H groups in total. The van der Waals surface area contributed by atoms with Crippen LogP contribution in [0.1, 0.15) is 22.3 Å². The Labute approximate surface area is 136 Å². The first kappa shape index (κ1) is 14.7. The number of anilines is 1. The Morgan fingerprint density at radius 2 is 1.91 bits per heavy atom. The summed E-state index contributed by atoms with van der Waals surface area (Å²) in [4.78, 5) is 12.3. The normalized spacial score (nSPS) is 15.0. The summed E-state index contributed by atoms with van der Waals surface area (Å²) in [6, 6.07) is 6.55. The molecule has 1 amide bonds. The highest BCUT2D eigenvalue weighted by Crippen LogP contribution is 2.40. The number of benzene rings is 2. The lowest BCUT2D eigenvalue weighted by Gasteiger charge is -2.08. The van der Waals surface area contributed by atoms with E-state index in [0.29, 0.717) is 16.7 Å². The number of hydrogen-bond donors (Lipinski definition) is 3. The van der Waals surface area contributed by atoms with Gasteiger partial charge in [-0.2, -0.15) is 0 Å². The van der Waals surface area contributed by atoms with Crippen LogP contribution < -0.4 is 5.32 Å². The van der Waals surface area contributed by atoms with Gasteiger partial charge in [-0.3, -0.25) is 4.79 Å². The highest BCUT2D eigenvalue weighted by molar-refractivity contribution is 9.10.